The zero-order valence-electron chi connectivity index (χ0n) is 11.2. The molecule has 1 aliphatic rings. The van der Waals surface area contributed by atoms with E-state index in [9.17, 15) is 14.9 Å². The van der Waals surface area contributed by atoms with Crippen LogP contribution in [-0.4, -0.2) is 47.3 Å². The first-order valence-corrected chi connectivity index (χ1v) is 6.85. The first-order valence-electron chi connectivity index (χ1n) is 6.41. The minimum atomic E-state index is -0.514. The highest BCUT2D eigenvalue weighted by atomic mass is 35.5. The standard InChI is InChI=1S/C13H16ClN3O3/c1-10(14)13(18)16-7-5-15(6-8-16)11-3-2-4-12(9-11)17(19)20/h2-4,9-10H,5-8H2,1H3. The van der Waals surface area contributed by atoms with Crippen molar-refractivity contribution >= 4 is 28.9 Å². The highest BCUT2D eigenvalue weighted by Crippen LogP contribution is 2.22. The predicted molar refractivity (Wildman–Crippen MR) is 77.2 cm³/mol. The predicted octanol–water partition coefficient (Wildman–Crippen LogP) is 1.87. The molecule has 1 aliphatic heterocycles. The fourth-order valence-corrected chi connectivity index (χ4v) is 2.38. The number of hydrogen-bond acceptors (Lipinski definition) is 4. The number of nitro groups is 1. The van der Waals surface area contributed by atoms with Crippen molar-refractivity contribution in [3.8, 4) is 0 Å². The second kappa shape index (κ2) is 6.09. The largest absolute Gasteiger partial charge is 0.368 e. The Morgan fingerprint density at radius 2 is 2.00 bits per heavy atom. The maximum atomic E-state index is 11.8. The number of benzene rings is 1. The van der Waals surface area contributed by atoms with Crippen molar-refractivity contribution in [1.82, 2.24) is 4.90 Å². The lowest BCUT2D eigenvalue weighted by molar-refractivity contribution is -0.384. The molecule has 0 bridgehead atoms. The van der Waals surface area contributed by atoms with Crippen molar-refractivity contribution in [3.05, 3.63) is 34.4 Å². The van der Waals surface area contributed by atoms with Crippen molar-refractivity contribution in [2.45, 2.75) is 12.3 Å². The number of alkyl halides is 1. The number of rotatable bonds is 3. The average Bonchev–Trinajstić information content (AvgIpc) is 2.46. The number of amides is 1. The summed E-state index contributed by atoms with van der Waals surface area (Å²) in [5.41, 5.74) is 0.889. The molecule has 0 spiro atoms. The van der Waals surface area contributed by atoms with Crippen LogP contribution in [0.25, 0.3) is 0 Å². The molecule has 1 fully saturated rings. The molecular weight excluding hydrogens is 282 g/mol. The van der Waals surface area contributed by atoms with Gasteiger partial charge >= 0.3 is 0 Å². The first kappa shape index (κ1) is 14.6. The summed E-state index contributed by atoms with van der Waals surface area (Å²) in [5.74, 6) is -0.0645. The van der Waals surface area contributed by atoms with Crippen molar-refractivity contribution in [2.24, 2.45) is 0 Å². The molecular formula is C13H16ClN3O3. The van der Waals surface area contributed by atoms with Gasteiger partial charge in [-0.2, -0.15) is 0 Å². The SMILES string of the molecule is CC(Cl)C(=O)N1CCN(c2cccc([N+](=O)[O-])c2)CC1. The molecule has 0 aromatic heterocycles. The van der Waals surface area contributed by atoms with Gasteiger partial charge in [-0.05, 0) is 13.0 Å². The molecule has 0 aliphatic carbocycles. The summed E-state index contributed by atoms with van der Waals surface area (Å²) < 4.78 is 0. The first-order chi connectivity index (χ1) is 9.49. The molecule has 6 nitrogen and oxygen atoms in total. The third-order valence-electron chi connectivity index (χ3n) is 3.34. The van der Waals surface area contributed by atoms with Gasteiger partial charge in [0.05, 0.1) is 4.92 Å². The van der Waals surface area contributed by atoms with Gasteiger partial charge in [0.15, 0.2) is 0 Å². The topological polar surface area (TPSA) is 66.7 Å². The lowest BCUT2D eigenvalue weighted by Gasteiger charge is -2.36. The van der Waals surface area contributed by atoms with Crippen LogP contribution in [0.15, 0.2) is 24.3 Å². The number of non-ortho nitro benzene ring substituents is 1. The van der Waals surface area contributed by atoms with E-state index in [0.717, 1.165) is 5.69 Å². The van der Waals surface area contributed by atoms with Crippen LogP contribution in [0, 0.1) is 10.1 Å². The van der Waals surface area contributed by atoms with Gasteiger partial charge in [-0.1, -0.05) is 6.07 Å². The maximum absolute atomic E-state index is 11.8. The highest BCUT2D eigenvalue weighted by molar-refractivity contribution is 6.30. The number of halogens is 1. The Bertz CT molecular complexity index is 513. The normalized spacial score (nSPS) is 16.9. The molecule has 2 rings (SSSR count). The Balaban J connectivity index is 2.02. The molecule has 1 unspecified atom stereocenters. The average molecular weight is 298 g/mol. The van der Waals surface area contributed by atoms with Gasteiger partial charge in [-0.25, -0.2) is 0 Å². The summed E-state index contributed by atoms with van der Waals surface area (Å²) in [6.07, 6.45) is 0. The summed E-state index contributed by atoms with van der Waals surface area (Å²) >= 11 is 5.79. The minimum Gasteiger partial charge on any atom is -0.368 e. The molecule has 0 radical (unpaired) electrons. The van der Waals surface area contributed by atoms with E-state index in [2.05, 4.69) is 0 Å². The lowest BCUT2D eigenvalue weighted by atomic mass is 10.2. The number of hydrogen-bond donors (Lipinski definition) is 0. The van der Waals surface area contributed by atoms with E-state index < -0.39 is 10.3 Å². The maximum Gasteiger partial charge on any atom is 0.271 e. The zero-order valence-corrected chi connectivity index (χ0v) is 11.9. The van der Waals surface area contributed by atoms with E-state index in [-0.39, 0.29) is 11.6 Å². The Hall–Kier alpha value is -1.82. The van der Waals surface area contributed by atoms with Gasteiger partial charge < -0.3 is 9.80 Å². The lowest BCUT2D eigenvalue weighted by Crippen LogP contribution is -2.50. The van der Waals surface area contributed by atoms with Crippen molar-refractivity contribution in [2.75, 3.05) is 31.1 Å². The van der Waals surface area contributed by atoms with Crippen molar-refractivity contribution in [1.29, 1.82) is 0 Å². The van der Waals surface area contributed by atoms with Crippen LogP contribution in [0.1, 0.15) is 6.92 Å². The molecule has 1 atom stereocenters. The molecule has 108 valence electrons. The number of anilines is 1. The molecule has 1 aromatic rings. The number of carbonyl (C=O) groups is 1. The van der Waals surface area contributed by atoms with Gasteiger partial charge in [-0.3, -0.25) is 14.9 Å². The Labute approximate surface area is 122 Å². The quantitative estimate of drug-likeness (QED) is 0.485. The van der Waals surface area contributed by atoms with Crippen molar-refractivity contribution < 1.29 is 9.72 Å². The molecule has 20 heavy (non-hydrogen) atoms. The van der Waals surface area contributed by atoms with E-state index in [4.69, 9.17) is 11.6 Å². The summed E-state index contributed by atoms with van der Waals surface area (Å²) in [5, 5.41) is 10.3. The van der Waals surface area contributed by atoms with Crippen LogP contribution >= 0.6 is 11.6 Å². The third-order valence-corrected chi connectivity index (χ3v) is 3.52. The second-order valence-electron chi connectivity index (χ2n) is 4.71. The second-order valence-corrected chi connectivity index (χ2v) is 5.36. The van der Waals surface area contributed by atoms with Gasteiger partial charge in [0, 0.05) is 44.0 Å². The molecule has 0 saturated carbocycles. The zero-order chi connectivity index (χ0) is 14.7. The molecule has 7 heteroatoms. The molecule has 0 N–H and O–H groups in total. The van der Waals surface area contributed by atoms with Crippen LogP contribution in [0.4, 0.5) is 11.4 Å². The summed E-state index contributed by atoms with van der Waals surface area (Å²) in [6, 6.07) is 6.54. The molecule has 1 aromatic carbocycles. The Morgan fingerprint density at radius 1 is 1.35 bits per heavy atom. The Morgan fingerprint density at radius 3 is 2.55 bits per heavy atom. The van der Waals surface area contributed by atoms with Crippen molar-refractivity contribution in [3.63, 3.8) is 0 Å². The van der Waals surface area contributed by atoms with Gasteiger partial charge in [-0.15, -0.1) is 11.6 Å². The van der Waals surface area contributed by atoms with E-state index in [0.29, 0.717) is 26.2 Å². The highest BCUT2D eigenvalue weighted by Gasteiger charge is 2.24. The fraction of sp³-hybridized carbons (Fsp3) is 0.462. The monoisotopic (exact) mass is 297 g/mol. The number of carbonyl (C=O) groups excluding carboxylic acids is 1. The van der Waals surface area contributed by atoms with Crippen LogP contribution in [0.3, 0.4) is 0 Å². The van der Waals surface area contributed by atoms with Crippen LogP contribution in [0.5, 0.6) is 0 Å². The minimum absolute atomic E-state index is 0.0645. The van der Waals surface area contributed by atoms with E-state index in [1.807, 2.05) is 11.0 Å². The van der Waals surface area contributed by atoms with Gasteiger partial charge in [0.1, 0.15) is 5.38 Å². The van der Waals surface area contributed by atoms with Crippen LogP contribution in [-0.2, 0) is 4.79 Å². The summed E-state index contributed by atoms with van der Waals surface area (Å²) in [7, 11) is 0. The van der Waals surface area contributed by atoms with E-state index >= 15 is 0 Å². The molecule has 1 saturated heterocycles. The van der Waals surface area contributed by atoms with E-state index in [1.54, 1.807) is 24.0 Å². The molecule has 1 amide bonds. The Kier molecular flexibility index (Phi) is 4.44. The number of nitrogens with zero attached hydrogens (tertiary/aromatic N) is 3. The van der Waals surface area contributed by atoms with Gasteiger partial charge in [0.25, 0.3) is 5.69 Å². The fourth-order valence-electron chi connectivity index (χ4n) is 2.24. The van der Waals surface area contributed by atoms with Crippen LogP contribution < -0.4 is 4.90 Å². The molecule has 1 heterocycles. The van der Waals surface area contributed by atoms with E-state index in [1.165, 1.54) is 6.07 Å². The smallest absolute Gasteiger partial charge is 0.271 e. The summed E-state index contributed by atoms with van der Waals surface area (Å²) in [4.78, 5) is 25.9. The third kappa shape index (κ3) is 3.19. The summed E-state index contributed by atoms with van der Waals surface area (Å²) in [6.45, 7) is 4.13. The number of nitro benzene ring substituents is 1. The van der Waals surface area contributed by atoms with Crippen LogP contribution in [0.2, 0.25) is 0 Å². The number of piperazine rings is 1. The van der Waals surface area contributed by atoms with Gasteiger partial charge in [0.2, 0.25) is 5.91 Å².